The molecule has 0 amide bonds. The molecule has 1 aliphatic rings. The SMILES string of the molecule is C=CC[C@H](C)[C@H](O)[C@@H](C)C(=O)C(C)(C)[C@@H](O)CC(=O)O[C@@H](C/C=C(/C)C=C)/C(C)=C/c1csc(C)n1.CC1=C/C[C@@H](/C(C)=C/c2csc(C)n2)OC(=O)C[C@H](O)C(C)(C)C(=O)[C@H](C)[C@@H](O)[C@@H](C)C\C=C\1. The smallest absolute Gasteiger partial charge is 0.309 e. The molecule has 0 saturated heterocycles. The number of hydrogen-bond acceptors (Lipinski definition) is 14. The average Bonchev–Trinajstić information content (AvgIpc) is 3.92. The van der Waals surface area contributed by atoms with Gasteiger partial charge in [0.1, 0.15) is 23.8 Å². The molecule has 388 valence electrons. The highest BCUT2D eigenvalue weighted by Crippen LogP contribution is 2.34. The molecule has 2 aromatic heterocycles. The van der Waals surface area contributed by atoms with E-state index < -0.39 is 71.2 Å². The number of aryl methyl sites for hydroxylation is 2. The molecule has 14 heteroatoms. The summed E-state index contributed by atoms with van der Waals surface area (Å²) in [4.78, 5) is 60.9. The first-order chi connectivity index (χ1) is 32.6. The molecule has 0 radical (unpaired) electrons. The normalized spacial score (nSPS) is 24.6. The first-order valence-corrected chi connectivity index (χ1v) is 26.0. The Bertz CT molecular complexity index is 2240. The third kappa shape index (κ3) is 19.0. The Balaban J connectivity index is 0.000000481. The molecular formula is C56H82N2O10S2. The molecule has 0 unspecified atom stereocenters. The molecule has 3 heterocycles. The maximum atomic E-state index is 13.2. The van der Waals surface area contributed by atoms with Crippen LogP contribution >= 0.6 is 22.7 Å². The summed E-state index contributed by atoms with van der Waals surface area (Å²) in [6, 6.07) is 0. The van der Waals surface area contributed by atoms with Crippen molar-refractivity contribution in [3.63, 3.8) is 0 Å². The lowest BCUT2D eigenvalue weighted by Gasteiger charge is -2.34. The predicted octanol–water partition coefficient (Wildman–Crippen LogP) is 10.9. The van der Waals surface area contributed by atoms with Crippen molar-refractivity contribution in [1.82, 2.24) is 9.97 Å². The minimum absolute atomic E-state index is 0.131. The van der Waals surface area contributed by atoms with E-state index in [2.05, 4.69) is 23.1 Å². The molecule has 2 aromatic rings. The molecular weight excluding hydrogens is 925 g/mol. The Kier molecular flexibility index (Phi) is 25.2. The minimum atomic E-state index is -1.27. The highest BCUT2D eigenvalue weighted by Gasteiger charge is 2.43. The van der Waals surface area contributed by atoms with Crippen molar-refractivity contribution in [2.24, 2.45) is 34.5 Å². The molecule has 0 fully saturated rings. The molecule has 10 atom stereocenters. The van der Waals surface area contributed by atoms with Crippen molar-refractivity contribution in [3.05, 3.63) is 104 Å². The number of allylic oxidation sites excluding steroid dienone is 6. The van der Waals surface area contributed by atoms with Gasteiger partial charge >= 0.3 is 11.9 Å². The number of rotatable bonds is 17. The lowest BCUT2D eigenvalue weighted by atomic mass is 9.73. The second kappa shape index (κ2) is 28.6. The maximum absolute atomic E-state index is 13.2. The molecule has 0 saturated carbocycles. The van der Waals surface area contributed by atoms with E-state index in [1.54, 1.807) is 65.0 Å². The van der Waals surface area contributed by atoms with Crippen molar-refractivity contribution in [1.29, 1.82) is 0 Å². The number of carbonyl (C=O) groups excluding carboxylic acids is 4. The van der Waals surface area contributed by atoms with Gasteiger partial charge in [-0.25, -0.2) is 9.97 Å². The molecule has 3 rings (SSSR count). The predicted molar refractivity (Wildman–Crippen MR) is 284 cm³/mol. The van der Waals surface area contributed by atoms with Gasteiger partial charge < -0.3 is 29.9 Å². The lowest BCUT2D eigenvalue weighted by Crippen LogP contribution is -2.45. The van der Waals surface area contributed by atoms with Crippen LogP contribution < -0.4 is 0 Å². The number of esters is 2. The Morgan fingerprint density at radius 3 is 2.09 bits per heavy atom. The van der Waals surface area contributed by atoms with Crippen LogP contribution in [0.3, 0.4) is 0 Å². The van der Waals surface area contributed by atoms with Crippen LogP contribution in [0.15, 0.2) is 82.7 Å². The van der Waals surface area contributed by atoms with Gasteiger partial charge in [-0.2, -0.15) is 0 Å². The summed E-state index contributed by atoms with van der Waals surface area (Å²) in [5.41, 5.74) is 2.80. The zero-order valence-electron chi connectivity index (χ0n) is 44.2. The van der Waals surface area contributed by atoms with Gasteiger partial charge in [0, 0.05) is 35.4 Å². The van der Waals surface area contributed by atoms with Gasteiger partial charge in [-0.05, 0) is 89.5 Å². The Hall–Kier alpha value is -4.44. The highest BCUT2D eigenvalue weighted by atomic mass is 32.1. The molecule has 70 heavy (non-hydrogen) atoms. The van der Waals surface area contributed by atoms with Crippen LogP contribution in [-0.2, 0) is 28.7 Å². The van der Waals surface area contributed by atoms with Gasteiger partial charge in [0.05, 0.1) is 69.5 Å². The van der Waals surface area contributed by atoms with Gasteiger partial charge in [0.25, 0.3) is 0 Å². The van der Waals surface area contributed by atoms with Crippen molar-refractivity contribution in [3.8, 4) is 0 Å². The summed E-state index contributed by atoms with van der Waals surface area (Å²) < 4.78 is 11.6. The van der Waals surface area contributed by atoms with E-state index in [9.17, 15) is 39.6 Å². The van der Waals surface area contributed by atoms with E-state index >= 15 is 0 Å². The Morgan fingerprint density at radius 1 is 0.957 bits per heavy atom. The van der Waals surface area contributed by atoms with E-state index in [1.807, 2.05) is 103 Å². The fourth-order valence-corrected chi connectivity index (χ4v) is 9.12. The number of cyclic esters (lactones) is 1. The summed E-state index contributed by atoms with van der Waals surface area (Å²) in [6.07, 6.45) is 11.3. The summed E-state index contributed by atoms with van der Waals surface area (Å²) in [5, 5.41) is 48.8. The number of hydrogen-bond donors (Lipinski definition) is 4. The number of aliphatic hydroxyl groups is 4. The number of carbonyl (C=O) groups is 4. The number of aromatic nitrogens is 2. The van der Waals surface area contributed by atoms with Crippen molar-refractivity contribution >= 4 is 58.3 Å². The summed E-state index contributed by atoms with van der Waals surface area (Å²) >= 11 is 3.09. The fraction of sp³-hybridized carbons (Fsp3) is 0.571. The van der Waals surface area contributed by atoms with Crippen LogP contribution in [-0.4, -0.2) is 90.5 Å². The lowest BCUT2D eigenvalue weighted by molar-refractivity contribution is -0.155. The fourth-order valence-electron chi connectivity index (χ4n) is 7.98. The number of nitrogens with zero attached hydrogens (tertiary/aromatic N) is 2. The second-order valence-electron chi connectivity index (χ2n) is 20.2. The first-order valence-electron chi connectivity index (χ1n) is 24.2. The number of ether oxygens (including phenoxy) is 2. The van der Waals surface area contributed by atoms with Crippen LogP contribution in [0.4, 0.5) is 0 Å². The second-order valence-corrected chi connectivity index (χ2v) is 22.3. The van der Waals surface area contributed by atoms with Crippen molar-refractivity contribution < 1.29 is 49.1 Å². The third-order valence-electron chi connectivity index (χ3n) is 13.3. The number of aliphatic hydroxyl groups excluding tert-OH is 4. The zero-order valence-corrected chi connectivity index (χ0v) is 45.8. The highest BCUT2D eigenvalue weighted by molar-refractivity contribution is 7.09. The first kappa shape index (κ1) is 61.7. The molecule has 4 N–H and O–H groups in total. The van der Waals surface area contributed by atoms with Crippen LogP contribution in [0.25, 0.3) is 12.2 Å². The van der Waals surface area contributed by atoms with E-state index in [1.165, 1.54) is 11.3 Å². The molecule has 12 nitrogen and oxygen atoms in total. The maximum Gasteiger partial charge on any atom is 0.309 e. The molecule has 0 aliphatic carbocycles. The Labute approximate surface area is 426 Å². The zero-order chi connectivity index (χ0) is 53.3. The van der Waals surface area contributed by atoms with Gasteiger partial charge in [0.15, 0.2) is 0 Å². The topological polar surface area (TPSA) is 193 Å². The van der Waals surface area contributed by atoms with Gasteiger partial charge in [-0.15, -0.1) is 29.3 Å². The average molecular weight is 1010 g/mol. The van der Waals surface area contributed by atoms with Gasteiger partial charge in [-0.3, -0.25) is 19.2 Å². The summed E-state index contributed by atoms with van der Waals surface area (Å²) in [5.74, 6) is -3.41. The largest absolute Gasteiger partial charge is 0.457 e. The van der Waals surface area contributed by atoms with E-state index in [0.29, 0.717) is 25.7 Å². The van der Waals surface area contributed by atoms with E-state index in [0.717, 1.165) is 43.7 Å². The minimum Gasteiger partial charge on any atom is -0.457 e. The monoisotopic (exact) mass is 1010 g/mol. The van der Waals surface area contributed by atoms with Gasteiger partial charge in [-0.1, -0.05) is 110 Å². The molecule has 1 aliphatic heterocycles. The van der Waals surface area contributed by atoms with E-state index in [4.69, 9.17) is 9.47 Å². The van der Waals surface area contributed by atoms with Crippen LogP contribution in [0.5, 0.6) is 0 Å². The quantitative estimate of drug-likeness (QED) is 0.0667. The van der Waals surface area contributed by atoms with Crippen LogP contribution in [0.1, 0.15) is 143 Å². The number of Topliss-reactive ketones (excluding diaryl/α,β-unsaturated/α-hetero) is 2. The summed E-state index contributed by atoms with van der Waals surface area (Å²) in [6.45, 7) is 32.5. The standard InChI is InChI=1S/C29H43NO5S.C27H39NO5S/c1-10-12-19(4)27(33)21(6)28(34)29(8,9)25(31)16-26(32)35-24(14-13-18(3)11-2)20(5)15-23-17-36-22(7)30-23;1-16-9-8-10-17(2)25(31)19(4)26(32)27(6,7)23(29)14-24(30)33-22(12-11-16)18(3)13-21-15-34-20(5)28-21/h10-11,13,15,17,19,21,24-25,27,31,33H,1-2,12,14,16H2,3-9H3;8-9,11,13,15,17,19,22-23,25,29,31H,10,12,14H2,1-7H3/b18-13-,20-15+;9-8+,16-11-,18-13+/t19-,21+,24-,25-,27-;17-,19+,22-,23-,25-/m00/s1. The molecule has 0 spiro atoms. The van der Waals surface area contributed by atoms with Crippen LogP contribution in [0.2, 0.25) is 0 Å². The van der Waals surface area contributed by atoms with Crippen molar-refractivity contribution in [2.75, 3.05) is 0 Å². The van der Waals surface area contributed by atoms with Gasteiger partial charge in [0.2, 0.25) is 0 Å². The number of ketones is 2. The summed E-state index contributed by atoms with van der Waals surface area (Å²) in [7, 11) is 0. The van der Waals surface area contributed by atoms with Crippen LogP contribution in [0, 0.1) is 48.3 Å². The third-order valence-corrected chi connectivity index (χ3v) is 14.9. The molecule has 0 aromatic carbocycles. The molecule has 0 bridgehead atoms. The van der Waals surface area contributed by atoms with Crippen molar-refractivity contribution in [2.45, 2.75) is 172 Å². The van der Waals surface area contributed by atoms with E-state index in [-0.39, 0.29) is 36.2 Å². The number of thiazole rings is 2. The Morgan fingerprint density at radius 2 is 1.54 bits per heavy atom.